The van der Waals surface area contributed by atoms with Crippen LogP contribution in [0.5, 0.6) is 0 Å². The van der Waals surface area contributed by atoms with Gasteiger partial charge in [-0.1, -0.05) is 48.6 Å². The van der Waals surface area contributed by atoms with E-state index < -0.39 is 10.0 Å². The number of rotatable bonds is 7. The van der Waals surface area contributed by atoms with Crippen molar-refractivity contribution in [3.8, 4) is 0 Å². The Labute approximate surface area is 204 Å². The first-order valence-electron chi connectivity index (χ1n) is 10.8. The minimum absolute atomic E-state index is 0.0152. The Morgan fingerprint density at radius 1 is 0.829 bits per heavy atom. The summed E-state index contributed by atoms with van der Waals surface area (Å²) >= 11 is 0. The average molecular weight is 495 g/mol. The summed E-state index contributed by atoms with van der Waals surface area (Å²) in [4.78, 5) is 19.7. The zero-order chi connectivity index (χ0) is 24.8. The predicted molar refractivity (Wildman–Crippen MR) is 134 cm³/mol. The SMILES string of the molecule is C1COCCO1.O=C(/C=C/C=C/c1ccccc1)Nc1ccc(S(=O)(=O)Nc2ncccn2)cc1. The van der Waals surface area contributed by atoms with Crippen LogP contribution >= 0.6 is 0 Å². The van der Waals surface area contributed by atoms with Crippen molar-refractivity contribution < 1.29 is 22.7 Å². The first-order valence-corrected chi connectivity index (χ1v) is 12.3. The summed E-state index contributed by atoms with van der Waals surface area (Å²) in [5.41, 5.74) is 1.51. The number of benzene rings is 2. The molecule has 1 aliphatic rings. The van der Waals surface area contributed by atoms with Crippen molar-refractivity contribution >= 4 is 33.6 Å². The monoisotopic (exact) mass is 494 g/mol. The van der Waals surface area contributed by atoms with Crippen LogP contribution in [0.25, 0.3) is 6.08 Å². The lowest BCUT2D eigenvalue weighted by Crippen LogP contribution is -2.16. The first-order chi connectivity index (χ1) is 17.0. The van der Waals surface area contributed by atoms with Gasteiger partial charge in [-0.25, -0.2) is 23.1 Å². The molecular weight excluding hydrogens is 468 g/mol. The lowest BCUT2D eigenvalue weighted by Gasteiger charge is -2.09. The van der Waals surface area contributed by atoms with Gasteiger partial charge in [0, 0.05) is 24.2 Å². The van der Waals surface area contributed by atoms with Crippen LogP contribution in [0.3, 0.4) is 0 Å². The number of nitrogens with zero attached hydrogens (tertiary/aromatic N) is 2. The number of ether oxygens (including phenoxy) is 2. The second-order valence-electron chi connectivity index (χ2n) is 7.05. The van der Waals surface area contributed by atoms with Crippen LogP contribution in [-0.2, 0) is 24.3 Å². The summed E-state index contributed by atoms with van der Waals surface area (Å²) in [6, 6.07) is 17.1. The van der Waals surface area contributed by atoms with E-state index in [4.69, 9.17) is 9.47 Å². The highest BCUT2D eigenvalue weighted by atomic mass is 32.2. The molecule has 1 saturated heterocycles. The molecule has 1 aromatic heterocycles. The van der Waals surface area contributed by atoms with Crippen molar-refractivity contribution in [2.24, 2.45) is 0 Å². The van der Waals surface area contributed by atoms with E-state index >= 15 is 0 Å². The van der Waals surface area contributed by atoms with Crippen molar-refractivity contribution in [3.05, 3.63) is 96.8 Å². The van der Waals surface area contributed by atoms with Crippen LogP contribution in [-0.4, -0.2) is 50.7 Å². The number of allylic oxidation sites excluding steroid dienone is 2. The Bertz CT molecular complexity index is 1200. The van der Waals surface area contributed by atoms with E-state index in [1.54, 1.807) is 18.2 Å². The maximum atomic E-state index is 12.3. The van der Waals surface area contributed by atoms with E-state index in [0.717, 1.165) is 32.0 Å². The molecule has 0 saturated carbocycles. The van der Waals surface area contributed by atoms with E-state index in [1.165, 1.54) is 42.7 Å². The van der Waals surface area contributed by atoms with Crippen LogP contribution in [0.15, 0.2) is 96.2 Å². The quantitative estimate of drug-likeness (QED) is 0.381. The van der Waals surface area contributed by atoms with Crippen molar-refractivity contribution in [1.29, 1.82) is 0 Å². The van der Waals surface area contributed by atoms with Gasteiger partial charge in [0.25, 0.3) is 10.0 Å². The maximum Gasteiger partial charge on any atom is 0.264 e. The van der Waals surface area contributed by atoms with Crippen molar-refractivity contribution in [1.82, 2.24) is 9.97 Å². The zero-order valence-corrected chi connectivity index (χ0v) is 19.7. The number of hydrogen-bond donors (Lipinski definition) is 2. The minimum Gasteiger partial charge on any atom is -0.377 e. The summed E-state index contributed by atoms with van der Waals surface area (Å²) in [6.07, 6.45) is 9.54. The van der Waals surface area contributed by atoms with E-state index in [-0.39, 0.29) is 16.8 Å². The summed E-state index contributed by atoms with van der Waals surface area (Å²) in [7, 11) is -3.81. The Morgan fingerprint density at radius 2 is 1.46 bits per heavy atom. The second-order valence-corrected chi connectivity index (χ2v) is 8.73. The van der Waals surface area contributed by atoms with Crippen LogP contribution in [0, 0.1) is 0 Å². The minimum atomic E-state index is -3.81. The fourth-order valence-corrected chi connectivity index (χ4v) is 3.70. The third-order valence-corrected chi connectivity index (χ3v) is 5.76. The van der Waals surface area contributed by atoms with Gasteiger partial charge in [-0.15, -0.1) is 0 Å². The number of carbonyl (C=O) groups excluding carboxylic acids is 1. The Balaban J connectivity index is 0.000000497. The molecule has 0 atom stereocenters. The average Bonchev–Trinajstić information content (AvgIpc) is 2.89. The third-order valence-electron chi connectivity index (χ3n) is 4.41. The fourth-order valence-electron chi connectivity index (χ4n) is 2.75. The maximum absolute atomic E-state index is 12.3. The summed E-state index contributed by atoms with van der Waals surface area (Å²) < 4.78 is 36.8. The number of amides is 1. The lowest BCUT2D eigenvalue weighted by molar-refractivity contribution is -0.111. The molecule has 182 valence electrons. The second kappa shape index (κ2) is 13.8. The van der Waals surface area contributed by atoms with E-state index in [1.807, 2.05) is 36.4 Å². The van der Waals surface area contributed by atoms with Gasteiger partial charge < -0.3 is 14.8 Å². The molecule has 0 aliphatic carbocycles. The van der Waals surface area contributed by atoms with Gasteiger partial charge in [-0.3, -0.25) is 4.79 Å². The molecular formula is C25H26N4O5S. The molecule has 0 bridgehead atoms. The van der Waals surface area contributed by atoms with Gasteiger partial charge in [-0.2, -0.15) is 0 Å². The largest absolute Gasteiger partial charge is 0.377 e. The number of hydrogen-bond acceptors (Lipinski definition) is 7. The molecule has 2 heterocycles. The Morgan fingerprint density at radius 3 is 2.06 bits per heavy atom. The molecule has 2 aromatic carbocycles. The van der Waals surface area contributed by atoms with E-state index in [0.29, 0.717) is 5.69 Å². The molecule has 0 radical (unpaired) electrons. The predicted octanol–water partition coefficient (Wildman–Crippen LogP) is 3.52. The zero-order valence-electron chi connectivity index (χ0n) is 18.9. The number of anilines is 2. The summed E-state index contributed by atoms with van der Waals surface area (Å²) in [6.45, 7) is 3.11. The van der Waals surface area contributed by atoms with Gasteiger partial charge in [-0.05, 0) is 35.9 Å². The highest BCUT2D eigenvalue weighted by molar-refractivity contribution is 7.92. The van der Waals surface area contributed by atoms with Crippen LogP contribution in [0.2, 0.25) is 0 Å². The third kappa shape index (κ3) is 9.49. The highest BCUT2D eigenvalue weighted by Gasteiger charge is 2.15. The number of nitrogens with one attached hydrogen (secondary N) is 2. The lowest BCUT2D eigenvalue weighted by atomic mass is 10.2. The molecule has 2 N–H and O–H groups in total. The van der Waals surface area contributed by atoms with Crippen LogP contribution in [0.1, 0.15) is 5.56 Å². The molecule has 3 aromatic rings. The summed E-state index contributed by atoms with van der Waals surface area (Å²) in [5.74, 6) is -0.340. The van der Waals surface area contributed by atoms with Crippen LogP contribution in [0.4, 0.5) is 11.6 Å². The smallest absolute Gasteiger partial charge is 0.264 e. The highest BCUT2D eigenvalue weighted by Crippen LogP contribution is 2.16. The van der Waals surface area contributed by atoms with E-state index in [9.17, 15) is 13.2 Å². The van der Waals surface area contributed by atoms with Gasteiger partial charge in [0.15, 0.2) is 0 Å². The number of sulfonamides is 1. The van der Waals surface area contributed by atoms with Gasteiger partial charge in [0.05, 0.1) is 31.3 Å². The topological polar surface area (TPSA) is 120 Å². The Hall–Kier alpha value is -3.86. The Kier molecular flexibility index (Phi) is 10.1. The normalized spacial score (nSPS) is 13.7. The van der Waals surface area contributed by atoms with Gasteiger partial charge in [0.1, 0.15) is 0 Å². The molecule has 0 unspecified atom stereocenters. The summed E-state index contributed by atoms with van der Waals surface area (Å²) in [5, 5.41) is 2.67. The van der Waals surface area contributed by atoms with Crippen molar-refractivity contribution in [2.75, 3.05) is 36.5 Å². The number of carbonyl (C=O) groups is 1. The fraction of sp³-hybridized carbons (Fsp3) is 0.160. The van der Waals surface area contributed by atoms with Crippen molar-refractivity contribution in [2.45, 2.75) is 4.90 Å². The van der Waals surface area contributed by atoms with Crippen molar-refractivity contribution in [3.63, 3.8) is 0 Å². The first kappa shape index (κ1) is 25.8. The van der Waals surface area contributed by atoms with Gasteiger partial charge >= 0.3 is 0 Å². The van der Waals surface area contributed by atoms with Gasteiger partial charge in [0.2, 0.25) is 11.9 Å². The molecule has 0 spiro atoms. The van der Waals surface area contributed by atoms with Crippen LogP contribution < -0.4 is 10.0 Å². The molecule has 9 nitrogen and oxygen atoms in total. The van der Waals surface area contributed by atoms with E-state index in [2.05, 4.69) is 20.0 Å². The molecule has 1 amide bonds. The number of aromatic nitrogens is 2. The molecule has 1 fully saturated rings. The molecule has 10 heteroatoms. The molecule has 4 rings (SSSR count). The molecule has 1 aliphatic heterocycles. The molecule has 35 heavy (non-hydrogen) atoms. The standard InChI is InChI=1S/C21H18N4O3S.C4H8O2/c26-20(10-5-4-9-17-7-2-1-3-8-17)24-18-11-13-19(14-12-18)29(27,28)25-21-22-15-6-16-23-21;1-2-6-4-3-5-1/h1-16H,(H,24,26)(H,22,23,25);1-4H2/b9-4+,10-5+;.